The first kappa shape index (κ1) is 20.1. The minimum absolute atomic E-state index is 0.241. The summed E-state index contributed by atoms with van der Waals surface area (Å²) in [5.74, 6) is -0.241. The Balaban J connectivity index is 1.79. The van der Waals surface area contributed by atoms with Crippen LogP contribution in [0.5, 0.6) is 0 Å². The number of rotatable bonds is 9. The first-order valence-electron chi connectivity index (χ1n) is 9.36. The summed E-state index contributed by atoms with van der Waals surface area (Å²) in [6.45, 7) is 11.0. The topological polar surface area (TPSA) is 49.6 Å². The highest BCUT2D eigenvalue weighted by Gasteiger charge is 2.17. The second-order valence-corrected chi connectivity index (χ2v) is 6.81. The van der Waals surface area contributed by atoms with E-state index in [0.717, 1.165) is 45.6 Å². The van der Waals surface area contributed by atoms with Gasteiger partial charge in [0.2, 0.25) is 5.91 Å². The molecule has 1 heterocycles. The summed E-state index contributed by atoms with van der Waals surface area (Å²) in [5.41, 5.74) is 9.22. The molecule has 26 heavy (non-hydrogen) atoms. The Morgan fingerprint density at radius 3 is 2.31 bits per heavy atom. The summed E-state index contributed by atoms with van der Waals surface area (Å²) < 4.78 is 0. The lowest BCUT2D eigenvalue weighted by Crippen LogP contribution is -2.48. The van der Waals surface area contributed by atoms with Crippen molar-refractivity contribution in [2.75, 3.05) is 32.7 Å². The van der Waals surface area contributed by atoms with Crippen molar-refractivity contribution in [1.29, 1.82) is 0 Å². The van der Waals surface area contributed by atoms with Crippen LogP contribution in [-0.2, 0) is 17.8 Å². The number of aryl methyl sites for hydroxylation is 1. The molecule has 4 nitrogen and oxygen atoms in total. The lowest BCUT2D eigenvalue weighted by Gasteiger charge is -2.34. The Labute approximate surface area is 157 Å². The average molecular weight is 354 g/mol. The van der Waals surface area contributed by atoms with Crippen LogP contribution in [0.1, 0.15) is 24.5 Å². The highest BCUT2D eigenvalue weighted by molar-refractivity contribution is 5.75. The molecule has 1 aliphatic heterocycles. The minimum atomic E-state index is -0.241. The first-order chi connectivity index (χ1) is 12.6. The zero-order valence-corrected chi connectivity index (χ0v) is 15.9. The molecule has 0 atom stereocenters. The second-order valence-electron chi connectivity index (χ2n) is 6.81. The second kappa shape index (κ2) is 10.7. The summed E-state index contributed by atoms with van der Waals surface area (Å²) in [5, 5.41) is 0. The van der Waals surface area contributed by atoms with E-state index in [1.807, 2.05) is 19.1 Å². The largest absolute Gasteiger partial charge is 0.369 e. The summed E-state index contributed by atoms with van der Waals surface area (Å²) >= 11 is 0. The number of carbonyl (C=O) groups excluding carboxylic acids is 1. The Bertz CT molecular complexity index is 638. The third-order valence-corrected chi connectivity index (χ3v) is 4.74. The van der Waals surface area contributed by atoms with Gasteiger partial charge >= 0.3 is 0 Å². The highest BCUT2D eigenvalue weighted by Crippen LogP contribution is 2.14. The molecule has 2 N–H and O–H groups in total. The molecular formula is C22H31N3O. The van der Waals surface area contributed by atoms with Gasteiger partial charge in [0, 0.05) is 32.7 Å². The molecule has 0 saturated carbocycles. The molecule has 0 unspecified atom stereocenters. The molecule has 1 aromatic carbocycles. The monoisotopic (exact) mass is 353 g/mol. The van der Waals surface area contributed by atoms with E-state index in [2.05, 4.69) is 52.8 Å². The maximum Gasteiger partial charge on any atom is 0.231 e. The van der Waals surface area contributed by atoms with Crippen LogP contribution in [0.2, 0.25) is 0 Å². The summed E-state index contributed by atoms with van der Waals surface area (Å²) in [4.78, 5) is 15.6. The molecule has 0 bridgehead atoms. The van der Waals surface area contributed by atoms with Crippen LogP contribution in [0.3, 0.4) is 0 Å². The van der Waals surface area contributed by atoms with Crippen molar-refractivity contribution >= 4 is 5.91 Å². The zero-order valence-electron chi connectivity index (χ0n) is 15.9. The number of carbonyl (C=O) groups is 1. The molecule has 0 radical (unpaired) electrons. The van der Waals surface area contributed by atoms with Gasteiger partial charge in [0.05, 0.1) is 6.54 Å². The van der Waals surface area contributed by atoms with Crippen molar-refractivity contribution in [2.24, 2.45) is 5.73 Å². The van der Waals surface area contributed by atoms with E-state index in [1.165, 1.54) is 16.7 Å². The number of nitrogens with zero attached hydrogens (tertiary/aromatic N) is 2. The smallest absolute Gasteiger partial charge is 0.231 e. The molecule has 0 aromatic heterocycles. The Hall–Kier alpha value is -2.17. The lowest BCUT2D eigenvalue weighted by molar-refractivity contribution is -0.119. The van der Waals surface area contributed by atoms with Gasteiger partial charge in [-0.2, -0.15) is 0 Å². The van der Waals surface area contributed by atoms with Gasteiger partial charge < -0.3 is 5.73 Å². The Morgan fingerprint density at radius 1 is 1.12 bits per heavy atom. The van der Waals surface area contributed by atoms with E-state index in [0.29, 0.717) is 6.54 Å². The van der Waals surface area contributed by atoms with Crippen LogP contribution in [0, 0.1) is 0 Å². The third-order valence-electron chi connectivity index (χ3n) is 4.74. The van der Waals surface area contributed by atoms with Gasteiger partial charge in [0.1, 0.15) is 0 Å². The minimum Gasteiger partial charge on any atom is -0.369 e. The fourth-order valence-electron chi connectivity index (χ4n) is 3.16. The standard InChI is InChI=1S/C22H31N3O/c1-3-5-6-19(4-2)7-8-20-9-11-21(12-10-20)17-24-13-15-25(16-14-24)18-22(23)26/h3-6,9-12H,2,7-8,13-18H2,1H3,(H2,23,26)/b5-3-,19-6+. The lowest BCUT2D eigenvalue weighted by atomic mass is 10.0. The molecule has 0 spiro atoms. The normalized spacial score (nSPS) is 16.9. The SMILES string of the molecule is C=C/C(=C\C=C/C)CCc1ccc(CN2CCN(CC(N)=O)CC2)cc1. The predicted octanol–water partition coefficient (Wildman–Crippen LogP) is 2.91. The predicted molar refractivity (Wildman–Crippen MR) is 109 cm³/mol. The molecule has 1 saturated heterocycles. The number of primary amides is 1. The molecule has 1 fully saturated rings. The fourth-order valence-corrected chi connectivity index (χ4v) is 3.16. The van der Waals surface area contributed by atoms with Gasteiger partial charge in [-0.15, -0.1) is 0 Å². The quantitative estimate of drug-likeness (QED) is 0.695. The van der Waals surface area contributed by atoms with Crippen LogP contribution < -0.4 is 5.73 Å². The molecule has 2 rings (SSSR count). The van der Waals surface area contributed by atoms with E-state index >= 15 is 0 Å². The van der Waals surface area contributed by atoms with Crippen LogP contribution in [0.15, 0.2) is 60.7 Å². The maximum atomic E-state index is 11.0. The van der Waals surface area contributed by atoms with Crippen LogP contribution >= 0.6 is 0 Å². The number of amides is 1. The zero-order chi connectivity index (χ0) is 18.8. The fraction of sp³-hybridized carbons (Fsp3) is 0.409. The number of nitrogens with two attached hydrogens (primary N) is 1. The molecule has 1 amide bonds. The van der Waals surface area contributed by atoms with Crippen LogP contribution in [-0.4, -0.2) is 48.4 Å². The molecule has 1 aromatic rings. The molecular weight excluding hydrogens is 322 g/mol. The van der Waals surface area contributed by atoms with Crippen molar-refractivity contribution in [1.82, 2.24) is 9.80 Å². The number of hydrogen-bond acceptors (Lipinski definition) is 3. The van der Waals surface area contributed by atoms with Gasteiger partial charge in [-0.1, -0.05) is 55.1 Å². The highest BCUT2D eigenvalue weighted by atomic mass is 16.1. The van der Waals surface area contributed by atoms with Gasteiger partial charge in [-0.05, 0) is 36.5 Å². The van der Waals surface area contributed by atoms with Crippen LogP contribution in [0.4, 0.5) is 0 Å². The number of hydrogen-bond donors (Lipinski definition) is 1. The van der Waals surface area contributed by atoms with Crippen molar-refractivity contribution in [2.45, 2.75) is 26.3 Å². The summed E-state index contributed by atoms with van der Waals surface area (Å²) in [6, 6.07) is 8.92. The van der Waals surface area contributed by atoms with Gasteiger partial charge in [-0.3, -0.25) is 14.6 Å². The number of piperazine rings is 1. The molecule has 1 aliphatic rings. The molecule has 140 valence electrons. The van der Waals surface area contributed by atoms with Gasteiger partial charge in [-0.25, -0.2) is 0 Å². The molecule has 4 heteroatoms. The van der Waals surface area contributed by atoms with Gasteiger partial charge in [0.15, 0.2) is 0 Å². The van der Waals surface area contributed by atoms with E-state index in [4.69, 9.17) is 5.73 Å². The summed E-state index contributed by atoms with van der Waals surface area (Å²) in [7, 11) is 0. The van der Waals surface area contributed by atoms with Crippen molar-refractivity contribution in [3.63, 3.8) is 0 Å². The number of allylic oxidation sites excluding steroid dienone is 5. The van der Waals surface area contributed by atoms with E-state index in [-0.39, 0.29) is 5.91 Å². The molecule has 0 aliphatic carbocycles. The van der Waals surface area contributed by atoms with E-state index in [9.17, 15) is 4.79 Å². The Morgan fingerprint density at radius 2 is 1.73 bits per heavy atom. The van der Waals surface area contributed by atoms with Gasteiger partial charge in [0.25, 0.3) is 0 Å². The van der Waals surface area contributed by atoms with E-state index < -0.39 is 0 Å². The average Bonchev–Trinajstić information content (AvgIpc) is 2.64. The maximum absolute atomic E-state index is 11.0. The van der Waals surface area contributed by atoms with Crippen LogP contribution in [0.25, 0.3) is 0 Å². The first-order valence-corrected chi connectivity index (χ1v) is 9.36. The summed E-state index contributed by atoms with van der Waals surface area (Å²) in [6.07, 6.45) is 10.2. The number of benzene rings is 1. The van der Waals surface area contributed by atoms with Crippen molar-refractivity contribution in [3.8, 4) is 0 Å². The van der Waals surface area contributed by atoms with Crippen molar-refractivity contribution in [3.05, 3.63) is 71.8 Å². The Kier molecular flexibility index (Phi) is 8.32. The third kappa shape index (κ3) is 6.98. The van der Waals surface area contributed by atoms with Crippen molar-refractivity contribution < 1.29 is 4.79 Å². The van der Waals surface area contributed by atoms with E-state index in [1.54, 1.807) is 0 Å².